The van der Waals surface area contributed by atoms with Crippen molar-refractivity contribution in [3.63, 3.8) is 0 Å². The van der Waals surface area contributed by atoms with E-state index in [-0.39, 0.29) is 11.6 Å². The molecule has 2 aromatic rings. The molecule has 0 aliphatic carbocycles. The molecule has 0 saturated carbocycles. The van der Waals surface area contributed by atoms with E-state index in [1.54, 1.807) is 12.1 Å². The smallest absolute Gasteiger partial charge is 0.231 e. The number of anilines is 1. The van der Waals surface area contributed by atoms with Gasteiger partial charge < -0.3 is 10.3 Å². The van der Waals surface area contributed by atoms with Gasteiger partial charge in [0, 0.05) is 11.9 Å². The molecule has 2 N–H and O–H groups in total. The molecule has 7 heteroatoms. The zero-order chi connectivity index (χ0) is 13.2. The fourth-order valence-electron chi connectivity index (χ4n) is 1.47. The first-order valence-electron chi connectivity index (χ1n) is 5.26. The van der Waals surface area contributed by atoms with E-state index in [4.69, 9.17) is 10.3 Å². The summed E-state index contributed by atoms with van der Waals surface area (Å²) in [5.41, 5.74) is 7.23. The molecule has 0 amide bonds. The molecule has 0 saturated heterocycles. The molecule has 0 aliphatic rings. The van der Waals surface area contributed by atoms with E-state index >= 15 is 0 Å². The van der Waals surface area contributed by atoms with Crippen LogP contribution >= 0.6 is 0 Å². The number of hydrogen-bond donors (Lipinski definition) is 1. The van der Waals surface area contributed by atoms with E-state index in [0.29, 0.717) is 18.0 Å². The summed E-state index contributed by atoms with van der Waals surface area (Å²) < 4.78 is 27.1. The Kier molecular flexibility index (Phi) is 3.33. The van der Waals surface area contributed by atoms with Crippen LogP contribution in [-0.2, 0) is 22.0 Å². The zero-order valence-electron chi connectivity index (χ0n) is 9.83. The van der Waals surface area contributed by atoms with Crippen molar-refractivity contribution in [1.82, 2.24) is 10.1 Å². The predicted molar refractivity (Wildman–Crippen MR) is 66.5 cm³/mol. The average molecular weight is 267 g/mol. The first kappa shape index (κ1) is 12.6. The van der Waals surface area contributed by atoms with Crippen LogP contribution in [0, 0.1) is 0 Å². The lowest BCUT2D eigenvalue weighted by Crippen LogP contribution is -2.02. The van der Waals surface area contributed by atoms with Gasteiger partial charge in [0.2, 0.25) is 5.89 Å². The molecule has 0 spiro atoms. The van der Waals surface area contributed by atoms with Crippen LogP contribution in [0.4, 0.5) is 5.69 Å². The van der Waals surface area contributed by atoms with Gasteiger partial charge >= 0.3 is 0 Å². The molecule has 2 rings (SSSR count). The highest BCUT2D eigenvalue weighted by atomic mass is 32.2. The van der Waals surface area contributed by atoms with Crippen LogP contribution in [-0.4, -0.2) is 24.8 Å². The highest BCUT2D eigenvalue weighted by Crippen LogP contribution is 2.11. The van der Waals surface area contributed by atoms with Gasteiger partial charge in [-0.05, 0) is 17.7 Å². The third-order valence-corrected chi connectivity index (χ3v) is 3.02. The van der Waals surface area contributed by atoms with Crippen molar-refractivity contribution in [1.29, 1.82) is 0 Å². The molecule has 0 fully saturated rings. The van der Waals surface area contributed by atoms with Gasteiger partial charge in [0.15, 0.2) is 15.7 Å². The minimum Gasteiger partial charge on any atom is -0.399 e. The van der Waals surface area contributed by atoms with Gasteiger partial charge in [0.05, 0.1) is 6.42 Å². The van der Waals surface area contributed by atoms with Gasteiger partial charge in [-0.3, -0.25) is 0 Å². The zero-order valence-corrected chi connectivity index (χ0v) is 10.6. The second kappa shape index (κ2) is 4.77. The van der Waals surface area contributed by atoms with Crippen molar-refractivity contribution in [2.24, 2.45) is 0 Å². The minimum atomic E-state index is -3.14. The average Bonchev–Trinajstić information content (AvgIpc) is 2.66. The van der Waals surface area contributed by atoms with Gasteiger partial charge in [-0.2, -0.15) is 4.98 Å². The highest BCUT2D eigenvalue weighted by molar-refractivity contribution is 7.89. The molecule has 1 heterocycles. The van der Waals surface area contributed by atoms with Gasteiger partial charge in [-0.25, -0.2) is 8.42 Å². The van der Waals surface area contributed by atoms with Gasteiger partial charge in [0.25, 0.3) is 0 Å². The van der Waals surface area contributed by atoms with Crippen LogP contribution in [0.2, 0.25) is 0 Å². The molecule has 0 atom stereocenters. The van der Waals surface area contributed by atoms with Gasteiger partial charge in [0.1, 0.15) is 5.75 Å². The van der Waals surface area contributed by atoms with Crippen molar-refractivity contribution in [3.05, 3.63) is 41.5 Å². The van der Waals surface area contributed by atoms with Crippen LogP contribution in [0.1, 0.15) is 17.3 Å². The lowest BCUT2D eigenvalue weighted by molar-refractivity contribution is 0.380. The first-order valence-corrected chi connectivity index (χ1v) is 7.32. The molecule has 0 unspecified atom stereocenters. The number of nitrogens with two attached hydrogens (primary N) is 1. The van der Waals surface area contributed by atoms with Crippen LogP contribution in [0.5, 0.6) is 0 Å². The molecule has 18 heavy (non-hydrogen) atoms. The van der Waals surface area contributed by atoms with E-state index in [0.717, 1.165) is 11.8 Å². The maximum Gasteiger partial charge on any atom is 0.231 e. The van der Waals surface area contributed by atoms with Crippen LogP contribution in [0.15, 0.2) is 28.8 Å². The maximum atomic E-state index is 11.1. The lowest BCUT2D eigenvalue weighted by atomic mass is 10.1. The quantitative estimate of drug-likeness (QED) is 0.822. The van der Waals surface area contributed by atoms with Gasteiger partial charge in [-0.1, -0.05) is 17.3 Å². The second-order valence-electron chi connectivity index (χ2n) is 4.09. The Bertz CT molecular complexity index is 632. The largest absolute Gasteiger partial charge is 0.399 e. The van der Waals surface area contributed by atoms with E-state index in [1.165, 1.54) is 0 Å². The third-order valence-electron chi connectivity index (χ3n) is 2.24. The summed E-state index contributed by atoms with van der Waals surface area (Å²) >= 11 is 0. The summed E-state index contributed by atoms with van der Waals surface area (Å²) in [7, 11) is -3.14. The van der Waals surface area contributed by atoms with Crippen molar-refractivity contribution < 1.29 is 12.9 Å². The Morgan fingerprint density at radius 3 is 2.56 bits per heavy atom. The first-order chi connectivity index (χ1) is 8.42. The van der Waals surface area contributed by atoms with E-state index in [2.05, 4.69) is 10.1 Å². The molecule has 0 radical (unpaired) electrons. The molecule has 96 valence electrons. The fourth-order valence-corrected chi connectivity index (χ4v) is 2.05. The highest BCUT2D eigenvalue weighted by Gasteiger charge is 2.12. The molecule has 1 aromatic carbocycles. The molecule has 1 aromatic heterocycles. The van der Waals surface area contributed by atoms with Crippen molar-refractivity contribution in [2.45, 2.75) is 12.2 Å². The summed E-state index contributed by atoms with van der Waals surface area (Å²) in [6.45, 7) is 0. The Hall–Kier alpha value is -1.89. The Morgan fingerprint density at radius 2 is 1.94 bits per heavy atom. The van der Waals surface area contributed by atoms with Crippen molar-refractivity contribution in [3.8, 4) is 0 Å². The molecule has 6 nitrogen and oxygen atoms in total. The molecular formula is C11H13N3O3S. The Balaban J connectivity index is 2.09. The maximum absolute atomic E-state index is 11.1. The summed E-state index contributed by atoms with van der Waals surface area (Å²) in [5.74, 6) is 0.361. The Labute approximate surface area is 105 Å². The molecule has 0 aliphatic heterocycles. The number of hydrogen-bond acceptors (Lipinski definition) is 6. The number of sulfone groups is 1. The van der Waals surface area contributed by atoms with E-state index in [9.17, 15) is 8.42 Å². The molecule has 0 bridgehead atoms. The topological polar surface area (TPSA) is 99.1 Å². The minimum absolute atomic E-state index is 0.183. The van der Waals surface area contributed by atoms with Crippen LogP contribution < -0.4 is 5.73 Å². The summed E-state index contributed by atoms with van der Waals surface area (Å²) in [6.07, 6.45) is 1.58. The second-order valence-corrected chi connectivity index (χ2v) is 6.23. The summed E-state index contributed by atoms with van der Waals surface area (Å²) in [4.78, 5) is 4.03. The third kappa shape index (κ3) is 3.56. The number of rotatable bonds is 4. The monoisotopic (exact) mass is 267 g/mol. The van der Waals surface area contributed by atoms with Crippen molar-refractivity contribution in [2.75, 3.05) is 12.0 Å². The lowest BCUT2D eigenvalue weighted by Gasteiger charge is -1.97. The van der Waals surface area contributed by atoms with Gasteiger partial charge in [-0.15, -0.1) is 0 Å². The predicted octanol–water partition coefficient (Wildman–Crippen LogP) is 0.787. The number of benzene rings is 1. The van der Waals surface area contributed by atoms with Crippen LogP contribution in [0.3, 0.4) is 0 Å². The summed E-state index contributed by atoms with van der Waals surface area (Å²) in [6, 6.07) is 7.28. The number of nitrogen functional groups attached to an aromatic ring is 1. The SMILES string of the molecule is CS(=O)(=O)Cc1noc(Cc2ccc(N)cc2)n1. The summed E-state index contributed by atoms with van der Waals surface area (Å²) in [5, 5.41) is 3.63. The normalized spacial score (nSPS) is 11.6. The fraction of sp³-hybridized carbons (Fsp3) is 0.273. The van der Waals surface area contributed by atoms with Crippen LogP contribution in [0.25, 0.3) is 0 Å². The van der Waals surface area contributed by atoms with E-state index in [1.807, 2.05) is 12.1 Å². The Morgan fingerprint density at radius 1 is 1.28 bits per heavy atom. The molecular weight excluding hydrogens is 254 g/mol. The van der Waals surface area contributed by atoms with Crippen molar-refractivity contribution >= 4 is 15.5 Å². The number of aromatic nitrogens is 2. The number of nitrogens with zero attached hydrogens (tertiary/aromatic N) is 2. The van der Waals surface area contributed by atoms with E-state index < -0.39 is 9.84 Å². The standard InChI is InChI=1S/C11H13N3O3S/c1-18(15,16)7-10-13-11(17-14-10)6-8-2-4-9(12)5-3-8/h2-5H,6-7,12H2,1H3.